The smallest absolute Gasteiger partial charge is 0.331 e. The molecule has 0 aliphatic heterocycles. The van der Waals surface area contributed by atoms with Gasteiger partial charge in [-0.15, -0.1) is 0 Å². The first kappa shape index (κ1) is 11.8. The first-order valence-corrected chi connectivity index (χ1v) is 2.07. The van der Waals surface area contributed by atoms with E-state index in [1.54, 1.807) is 6.92 Å². The predicted molar refractivity (Wildman–Crippen MR) is 29.5 cm³/mol. The van der Waals surface area contributed by atoms with Crippen molar-refractivity contribution in [2.45, 2.75) is 6.92 Å². The van der Waals surface area contributed by atoms with Crippen LogP contribution < -0.4 is 0 Å². The molecule has 1 radical (unpaired) electrons. The quantitative estimate of drug-likeness (QED) is 0.405. The summed E-state index contributed by atoms with van der Waals surface area (Å²) in [5.74, 6) is -0.567. The van der Waals surface area contributed by atoms with Gasteiger partial charge in [-0.2, -0.15) is 0 Å². The molecule has 0 saturated heterocycles. The molecule has 1 N–H and O–H groups in total. The molecule has 0 amide bonds. The van der Waals surface area contributed by atoms with Crippen molar-refractivity contribution < 1.29 is 14.6 Å². The van der Waals surface area contributed by atoms with Crippen molar-refractivity contribution in [3.63, 3.8) is 0 Å². The van der Waals surface area contributed by atoms with E-state index in [0.29, 0.717) is 6.61 Å². The van der Waals surface area contributed by atoms with Gasteiger partial charge in [0.2, 0.25) is 0 Å². The first-order valence-electron chi connectivity index (χ1n) is 2.07. The number of aliphatic hydroxyl groups excluding tert-OH is 1. The molecule has 0 atom stereocenters. The Hall–Kier alpha value is 1.07. The van der Waals surface area contributed by atoms with Crippen LogP contribution in [0.15, 0.2) is 0 Å². The van der Waals surface area contributed by atoms with Crippen molar-refractivity contribution in [2.75, 3.05) is 13.2 Å². The maximum Gasteiger partial charge on any atom is 0.331 e. The summed E-state index contributed by atoms with van der Waals surface area (Å²) in [7, 11) is 0. The van der Waals surface area contributed by atoms with E-state index in [1.807, 2.05) is 0 Å². The van der Waals surface area contributed by atoms with E-state index in [1.165, 1.54) is 0 Å². The van der Waals surface area contributed by atoms with Crippen LogP contribution in [0.25, 0.3) is 0 Å². The number of aliphatic hydroxyl groups is 1. The van der Waals surface area contributed by atoms with Crippen molar-refractivity contribution in [1.29, 1.82) is 0 Å². The van der Waals surface area contributed by atoms with Crippen LogP contribution in [0.2, 0.25) is 0 Å². The summed E-state index contributed by atoms with van der Waals surface area (Å²) in [5.41, 5.74) is 0. The molecular weight excluding hydrogens is 135 g/mol. The van der Waals surface area contributed by atoms with E-state index in [2.05, 4.69) is 4.74 Å². The third-order valence-electron chi connectivity index (χ3n) is 0.434. The summed E-state index contributed by atoms with van der Waals surface area (Å²) in [4.78, 5) is 9.94. The Kier molecular flexibility index (Phi) is 11.9. The van der Waals surface area contributed by atoms with Crippen LogP contribution in [0.3, 0.4) is 0 Å². The second-order valence-electron chi connectivity index (χ2n) is 0.963. The zero-order valence-electron chi connectivity index (χ0n) is 5.18. The van der Waals surface area contributed by atoms with Gasteiger partial charge in [0.1, 0.15) is 6.61 Å². The minimum atomic E-state index is -0.567. The molecule has 8 heavy (non-hydrogen) atoms. The molecule has 0 unspecified atom stereocenters. The molecular formula is C4H8KO3. The van der Waals surface area contributed by atoms with Crippen LogP contribution in [0, 0.1) is 0 Å². The van der Waals surface area contributed by atoms with Crippen molar-refractivity contribution in [2.24, 2.45) is 0 Å². The molecule has 0 aliphatic carbocycles. The van der Waals surface area contributed by atoms with Gasteiger partial charge in [-0.1, -0.05) is 0 Å². The Bertz CT molecular complexity index is 64.3. The van der Waals surface area contributed by atoms with Crippen molar-refractivity contribution in [3.8, 4) is 0 Å². The van der Waals surface area contributed by atoms with Crippen molar-refractivity contribution in [3.05, 3.63) is 0 Å². The van der Waals surface area contributed by atoms with Gasteiger partial charge in [0.05, 0.1) is 6.61 Å². The average Bonchev–Trinajstić information content (AvgIpc) is 1.68. The van der Waals surface area contributed by atoms with Gasteiger partial charge < -0.3 is 9.84 Å². The Morgan fingerprint density at radius 3 is 2.38 bits per heavy atom. The molecule has 0 saturated carbocycles. The van der Waals surface area contributed by atoms with E-state index in [4.69, 9.17) is 5.11 Å². The molecule has 0 heterocycles. The summed E-state index contributed by atoms with van der Waals surface area (Å²) in [5, 5.41) is 7.99. The summed E-state index contributed by atoms with van der Waals surface area (Å²) >= 11 is 0. The van der Waals surface area contributed by atoms with Gasteiger partial charge in [-0.05, 0) is 6.92 Å². The summed E-state index contributed by atoms with van der Waals surface area (Å²) in [6.07, 6.45) is 0. The molecule has 0 aromatic heterocycles. The Morgan fingerprint density at radius 2 is 2.25 bits per heavy atom. The van der Waals surface area contributed by atoms with Crippen LogP contribution in [0.4, 0.5) is 0 Å². The van der Waals surface area contributed by atoms with Gasteiger partial charge in [-0.25, -0.2) is 4.79 Å². The first-order chi connectivity index (χ1) is 3.31. The van der Waals surface area contributed by atoms with E-state index >= 15 is 0 Å². The number of hydrogen-bond donors (Lipinski definition) is 1. The molecule has 0 aliphatic rings. The van der Waals surface area contributed by atoms with E-state index in [-0.39, 0.29) is 51.4 Å². The maximum atomic E-state index is 9.94. The average molecular weight is 143 g/mol. The summed E-state index contributed by atoms with van der Waals surface area (Å²) < 4.78 is 4.30. The fraction of sp³-hybridized carbons (Fsp3) is 0.750. The third-order valence-corrected chi connectivity index (χ3v) is 0.434. The molecule has 0 bridgehead atoms. The maximum absolute atomic E-state index is 9.94. The van der Waals surface area contributed by atoms with Crippen LogP contribution in [-0.2, 0) is 9.53 Å². The predicted octanol–water partition coefficient (Wildman–Crippen LogP) is -0.839. The van der Waals surface area contributed by atoms with Crippen molar-refractivity contribution in [1.82, 2.24) is 0 Å². The minimum Gasteiger partial charge on any atom is -0.464 e. The standard InChI is InChI=1S/C4H8O3.K/c1-2-7-4(6)3-5;/h5H,2-3H2,1H3;. The molecule has 0 fully saturated rings. The fourth-order valence-corrected chi connectivity index (χ4v) is 0.207. The number of hydrogen-bond acceptors (Lipinski definition) is 3. The molecule has 0 aromatic rings. The molecule has 0 aromatic carbocycles. The molecule has 43 valence electrons. The van der Waals surface area contributed by atoms with E-state index in [0.717, 1.165) is 0 Å². The summed E-state index contributed by atoms with van der Waals surface area (Å²) in [6, 6.07) is 0. The second-order valence-corrected chi connectivity index (χ2v) is 0.963. The number of carbonyl (C=O) groups is 1. The SMILES string of the molecule is CCOC(=O)CO.[K]. The number of carbonyl (C=O) groups excluding carboxylic acids is 1. The van der Waals surface area contributed by atoms with Crippen LogP contribution in [0.1, 0.15) is 6.92 Å². The van der Waals surface area contributed by atoms with Crippen LogP contribution in [0.5, 0.6) is 0 Å². The molecule has 0 spiro atoms. The number of esters is 1. The number of rotatable bonds is 2. The van der Waals surface area contributed by atoms with Crippen LogP contribution in [-0.4, -0.2) is 75.7 Å². The largest absolute Gasteiger partial charge is 0.464 e. The minimum absolute atomic E-state index is 0. The van der Waals surface area contributed by atoms with Gasteiger partial charge in [0, 0.05) is 51.4 Å². The monoisotopic (exact) mass is 143 g/mol. The van der Waals surface area contributed by atoms with Gasteiger partial charge in [0.25, 0.3) is 0 Å². The summed E-state index contributed by atoms with van der Waals surface area (Å²) in [6.45, 7) is 1.50. The normalized spacial score (nSPS) is 7.25. The van der Waals surface area contributed by atoms with Crippen LogP contribution >= 0.6 is 0 Å². The topological polar surface area (TPSA) is 46.5 Å². The molecule has 0 rings (SSSR count). The molecule has 4 heteroatoms. The van der Waals surface area contributed by atoms with Gasteiger partial charge in [0.15, 0.2) is 0 Å². The second kappa shape index (κ2) is 8.07. The Balaban J connectivity index is 0. The van der Waals surface area contributed by atoms with E-state index < -0.39 is 12.6 Å². The zero-order valence-corrected chi connectivity index (χ0v) is 8.30. The Labute approximate surface area is 90.8 Å². The Morgan fingerprint density at radius 1 is 1.75 bits per heavy atom. The molecule has 3 nitrogen and oxygen atoms in total. The third kappa shape index (κ3) is 7.07. The van der Waals surface area contributed by atoms with Crippen molar-refractivity contribution >= 4 is 57.4 Å². The zero-order chi connectivity index (χ0) is 5.70. The fourth-order valence-electron chi connectivity index (χ4n) is 0.207. The van der Waals surface area contributed by atoms with E-state index in [9.17, 15) is 4.79 Å². The van der Waals surface area contributed by atoms with Gasteiger partial charge >= 0.3 is 5.97 Å². The van der Waals surface area contributed by atoms with Gasteiger partial charge in [-0.3, -0.25) is 0 Å². The number of ether oxygens (including phenoxy) is 1.